The first-order chi connectivity index (χ1) is 7.25. The van der Waals surface area contributed by atoms with Gasteiger partial charge in [-0.1, -0.05) is 6.42 Å². The largest absolute Gasteiger partial charge is 0.464 e. The van der Waals surface area contributed by atoms with E-state index in [2.05, 4.69) is 15.9 Å². The third-order valence-electron chi connectivity index (χ3n) is 3.19. The van der Waals surface area contributed by atoms with E-state index in [0.717, 1.165) is 5.39 Å². The maximum atomic E-state index is 13.2. The molecule has 0 amide bonds. The highest BCUT2D eigenvalue weighted by atomic mass is 79.9. The Morgan fingerprint density at radius 2 is 2.13 bits per heavy atom. The van der Waals surface area contributed by atoms with Crippen molar-refractivity contribution in [1.29, 1.82) is 0 Å². The molecule has 0 N–H and O–H groups in total. The van der Waals surface area contributed by atoms with E-state index in [1.807, 2.05) is 6.07 Å². The second-order valence-corrected chi connectivity index (χ2v) is 4.94. The van der Waals surface area contributed by atoms with Crippen LogP contribution in [-0.4, -0.2) is 0 Å². The SMILES string of the molecule is Fc1cc2occ(C3CCC3)c2cc1Br. The van der Waals surface area contributed by atoms with E-state index < -0.39 is 0 Å². The van der Waals surface area contributed by atoms with Gasteiger partial charge in [0.1, 0.15) is 11.4 Å². The van der Waals surface area contributed by atoms with Gasteiger partial charge in [-0.25, -0.2) is 4.39 Å². The van der Waals surface area contributed by atoms with Crippen LogP contribution in [0.25, 0.3) is 11.0 Å². The first kappa shape index (κ1) is 9.40. The van der Waals surface area contributed by atoms with E-state index in [-0.39, 0.29) is 5.82 Å². The normalized spacial score (nSPS) is 16.9. The van der Waals surface area contributed by atoms with Crippen molar-refractivity contribution >= 4 is 26.9 Å². The van der Waals surface area contributed by atoms with E-state index in [4.69, 9.17) is 4.42 Å². The van der Waals surface area contributed by atoms with Crippen molar-refractivity contribution in [1.82, 2.24) is 0 Å². The van der Waals surface area contributed by atoms with Crippen LogP contribution < -0.4 is 0 Å². The van der Waals surface area contributed by atoms with Gasteiger partial charge in [-0.05, 0) is 40.8 Å². The van der Waals surface area contributed by atoms with Crippen molar-refractivity contribution in [2.75, 3.05) is 0 Å². The third-order valence-corrected chi connectivity index (χ3v) is 3.80. The number of halogens is 2. The summed E-state index contributed by atoms with van der Waals surface area (Å²) in [7, 11) is 0. The average Bonchev–Trinajstić information content (AvgIpc) is 2.48. The molecule has 0 saturated heterocycles. The Morgan fingerprint density at radius 1 is 1.33 bits per heavy atom. The van der Waals surface area contributed by atoms with Gasteiger partial charge >= 0.3 is 0 Å². The lowest BCUT2D eigenvalue weighted by atomic mass is 9.80. The number of hydrogen-bond acceptors (Lipinski definition) is 1. The molecule has 1 heterocycles. The third kappa shape index (κ3) is 1.41. The first-order valence-electron chi connectivity index (χ1n) is 5.12. The number of hydrogen-bond donors (Lipinski definition) is 0. The molecule has 3 heteroatoms. The van der Waals surface area contributed by atoms with Gasteiger partial charge in [-0.2, -0.15) is 0 Å². The highest BCUT2D eigenvalue weighted by molar-refractivity contribution is 9.10. The van der Waals surface area contributed by atoms with E-state index in [0.29, 0.717) is 16.0 Å². The van der Waals surface area contributed by atoms with Gasteiger partial charge in [-0.3, -0.25) is 0 Å². The van der Waals surface area contributed by atoms with Crippen molar-refractivity contribution in [3.63, 3.8) is 0 Å². The quantitative estimate of drug-likeness (QED) is 0.737. The molecule has 0 bridgehead atoms. The maximum absolute atomic E-state index is 13.2. The molecule has 1 aromatic heterocycles. The molecule has 15 heavy (non-hydrogen) atoms. The van der Waals surface area contributed by atoms with Crippen LogP contribution in [0.15, 0.2) is 27.3 Å². The van der Waals surface area contributed by atoms with Crippen molar-refractivity contribution in [3.8, 4) is 0 Å². The summed E-state index contributed by atoms with van der Waals surface area (Å²) >= 11 is 3.21. The molecule has 1 aliphatic carbocycles. The molecule has 0 aliphatic heterocycles. The molecule has 1 fully saturated rings. The van der Waals surface area contributed by atoms with E-state index in [1.54, 1.807) is 6.26 Å². The Labute approximate surface area is 95.4 Å². The number of benzene rings is 1. The fourth-order valence-corrected chi connectivity index (χ4v) is 2.42. The van der Waals surface area contributed by atoms with Crippen molar-refractivity contribution in [3.05, 3.63) is 34.2 Å². The van der Waals surface area contributed by atoms with E-state index in [9.17, 15) is 4.39 Å². The second kappa shape index (κ2) is 3.34. The Balaban J connectivity index is 2.19. The summed E-state index contributed by atoms with van der Waals surface area (Å²) in [5.74, 6) is 0.348. The topological polar surface area (TPSA) is 13.1 Å². The molecular weight excluding hydrogens is 259 g/mol. The molecule has 2 aromatic rings. The highest BCUT2D eigenvalue weighted by Crippen LogP contribution is 2.41. The fourth-order valence-electron chi connectivity index (χ4n) is 2.08. The zero-order valence-corrected chi connectivity index (χ0v) is 9.68. The van der Waals surface area contributed by atoms with Gasteiger partial charge in [0.15, 0.2) is 0 Å². The van der Waals surface area contributed by atoms with Gasteiger partial charge in [-0.15, -0.1) is 0 Å². The minimum absolute atomic E-state index is 0.267. The van der Waals surface area contributed by atoms with Gasteiger partial charge in [0, 0.05) is 17.0 Å². The van der Waals surface area contributed by atoms with E-state index >= 15 is 0 Å². The lowest BCUT2D eigenvalue weighted by molar-refractivity contribution is 0.417. The molecule has 0 spiro atoms. The summed E-state index contributed by atoms with van der Waals surface area (Å²) in [5, 5.41) is 1.05. The van der Waals surface area contributed by atoms with Gasteiger partial charge in [0.2, 0.25) is 0 Å². The van der Waals surface area contributed by atoms with Crippen LogP contribution >= 0.6 is 15.9 Å². The molecule has 0 atom stereocenters. The molecule has 0 unspecified atom stereocenters. The molecule has 0 radical (unpaired) electrons. The van der Waals surface area contributed by atoms with Gasteiger partial charge in [0.25, 0.3) is 0 Å². The maximum Gasteiger partial charge on any atom is 0.141 e. The Hall–Kier alpha value is -0.830. The molecule has 3 rings (SSSR count). The monoisotopic (exact) mass is 268 g/mol. The average molecular weight is 269 g/mol. The van der Waals surface area contributed by atoms with Gasteiger partial charge in [0.05, 0.1) is 10.7 Å². The molecule has 78 valence electrons. The van der Waals surface area contributed by atoms with Crippen LogP contribution in [0.5, 0.6) is 0 Å². The lowest BCUT2D eigenvalue weighted by Crippen LogP contribution is -2.07. The predicted octanol–water partition coefficient (Wildman–Crippen LogP) is 4.60. The van der Waals surface area contributed by atoms with Crippen LogP contribution in [0.4, 0.5) is 4.39 Å². The molecule has 1 aliphatic rings. The Kier molecular flexibility index (Phi) is 2.09. The van der Waals surface area contributed by atoms with Crippen molar-refractivity contribution < 1.29 is 8.81 Å². The first-order valence-corrected chi connectivity index (χ1v) is 5.91. The zero-order chi connectivity index (χ0) is 10.4. The fraction of sp³-hybridized carbons (Fsp3) is 0.333. The van der Waals surface area contributed by atoms with Crippen molar-refractivity contribution in [2.24, 2.45) is 0 Å². The van der Waals surface area contributed by atoms with Crippen LogP contribution in [0.2, 0.25) is 0 Å². The van der Waals surface area contributed by atoms with Crippen LogP contribution in [0.1, 0.15) is 30.7 Å². The Bertz CT molecular complexity index is 514. The predicted molar refractivity (Wildman–Crippen MR) is 60.5 cm³/mol. The molecule has 1 nitrogen and oxygen atoms in total. The van der Waals surface area contributed by atoms with Crippen molar-refractivity contribution in [2.45, 2.75) is 25.2 Å². The number of fused-ring (bicyclic) bond motifs is 1. The summed E-state index contributed by atoms with van der Waals surface area (Å²) in [6.45, 7) is 0. The summed E-state index contributed by atoms with van der Waals surface area (Å²) < 4.78 is 19.1. The molecular formula is C12H10BrFO. The number of furan rings is 1. The van der Waals surface area contributed by atoms with E-state index in [1.165, 1.54) is 30.9 Å². The second-order valence-electron chi connectivity index (χ2n) is 4.08. The molecule has 1 aromatic carbocycles. The lowest BCUT2D eigenvalue weighted by Gasteiger charge is -2.24. The highest BCUT2D eigenvalue weighted by Gasteiger charge is 2.23. The smallest absolute Gasteiger partial charge is 0.141 e. The minimum atomic E-state index is -0.267. The minimum Gasteiger partial charge on any atom is -0.464 e. The summed E-state index contributed by atoms with van der Waals surface area (Å²) in [6, 6.07) is 3.27. The number of rotatable bonds is 1. The Morgan fingerprint density at radius 3 is 2.80 bits per heavy atom. The summed E-state index contributed by atoms with van der Waals surface area (Å²) in [6.07, 6.45) is 5.52. The van der Waals surface area contributed by atoms with Gasteiger partial charge < -0.3 is 4.42 Å². The zero-order valence-electron chi connectivity index (χ0n) is 8.09. The van der Waals surface area contributed by atoms with Crippen LogP contribution in [0.3, 0.4) is 0 Å². The summed E-state index contributed by atoms with van der Waals surface area (Å²) in [5.41, 5.74) is 1.88. The standard InChI is InChI=1S/C12H10BrFO/c13-10-4-8-9(7-2-1-3-7)6-15-12(8)5-11(10)14/h4-7H,1-3H2. The van der Waals surface area contributed by atoms with Crippen LogP contribution in [0, 0.1) is 5.82 Å². The summed E-state index contributed by atoms with van der Waals surface area (Å²) in [4.78, 5) is 0. The van der Waals surface area contributed by atoms with Crippen LogP contribution in [-0.2, 0) is 0 Å². The molecule has 1 saturated carbocycles.